The smallest absolute Gasteiger partial charge is 0.155 e. The highest BCUT2D eigenvalue weighted by Crippen LogP contribution is 2.33. The summed E-state index contributed by atoms with van der Waals surface area (Å²) in [7, 11) is 0. The van der Waals surface area contributed by atoms with Crippen molar-refractivity contribution in [3.8, 4) is 0 Å². The summed E-state index contributed by atoms with van der Waals surface area (Å²) in [4.78, 5) is 20.7. The number of hydrogen-bond acceptors (Lipinski definition) is 5. The number of carbonyl (C=O) groups excluding carboxylic acids is 1. The van der Waals surface area contributed by atoms with Crippen molar-refractivity contribution in [2.45, 2.75) is 38.6 Å². The molecule has 21 heavy (non-hydrogen) atoms. The number of nitrogens with zero attached hydrogens (tertiary/aromatic N) is 2. The number of carbonyl (C=O) groups is 1. The number of aryl methyl sites for hydroxylation is 2. The number of thioether (sulfide) groups is 1. The molecule has 108 valence electrons. The predicted octanol–water partition coefficient (Wildman–Crippen LogP) is 3.63. The van der Waals surface area contributed by atoms with Crippen LogP contribution >= 0.6 is 23.1 Å². The number of aromatic nitrogens is 1. The fourth-order valence-corrected chi connectivity index (χ4v) is 5.15. The van der Waals surface area contributed by atoms with Crippen LogP contribution in [-0.2, 0) is 17.6 Å². The molecule has 0 radical (unpaired) electrons. The Morgan fingerprint density at radius 1 is 1.24 bits per heavy atom. The topological polar surface area (TPSA) is 42.3 Å². The third-order valence-corrected chi connectivity index (χ3v) is 6.36. The van der Waals surface area contributed by atoms with Crippen molar-refractivity contribution in [1.29, 1.82) is 0 Å². The molecule has 5 heteroatoms. The van der Waals surface area contributed by atoms with Crippen LogP contribution in [0.1, 0.15) is 35.9 Å². The van der Waals surface area contributed by atoms with Gasteiger partial charge in [0.2, 0.25) is 0 Å². The van der Waals surface area contributed by atoms with Gasteiger partial charge in [0.1, 0.15) is 16.1 Å². The van der Waals surface area contributed by atoms with Crippen molar-refractivity contribution in [1.82, 2.24) is 4.98 Å². The lowest BCUT2D eigenvalue weighted by molar-refractivity contribution is -0.117. The van der Waals surface area contributed by atoms with E-state index < -0.39 is 0 Å². The molecule has 4 rings (SSSR count). The van der Waals surface area contributed by atoms with E-state index in [1.165, 1.54) is 41.5 Å². The van der Waals surface area contributed by atoms with Crippen LogP contribution in [0.4, 0.5) is 0 Å². The van der Waals surface area contributed by atoms with Gasteiger partial charge < -0.3 is 0 Å². The molecule has 0 amide bonds. The molecule has 2 aliphatic rings. The number of rotatable bonds is 2. The van der Waals surface area contributed by atoms with E-state index in [4.69, 9.17) is 4.98 Å². The molecule has 1 aromatic heterocycles. The number of hydrogen-bond donors (Lipinski definition) is 0. The SMILES string of the molecule is CC(=O)[C@H]1CSC(c2nc3cc4c(cc3s2)CCCC4)=N1. The Balaban J connectivity index is 1.74. The Morgan fingerprint density at radius 2 is 2.00 bits per heavy atom. The highest BCUT2D eigenvalue weighted by atomic mass is 32.2. The maximum Gasteiger partial charge on any atom is 0.155 e. The molecular formula is C16H16N2OS2. The van der Waals surface area contributed by atoms with Gasteiger partial charge in [-0.05, 0) is 55.9 Å². The molecule has 0 saturated heterocycles. The van der Waals surface area contributed by atoms with Crippen molar-refractivity contribution in [2.24, 2.45) is 4.99 Å². The lowest BCUT2D eigenvalue weighted by Crippen LogP contribution is -2.14. The van der Waals surface area contributed by atoms with Crippen molar-refractivity contribution < 1.29 is 4.79 Å². The largest absolute Gasteiger partial charge is 0.298 e. The van der Waals surface area contributed by atoms with Gasteiger partial charge >= 0.3 is 0 Å². The van der Waals surface area contributed by atoms with E-state index in [1.807, 2.05) is 0 Å². The first kappa shape index (κ1) is 13.5. The molecule has 1 aliphatic carbocycles. The summed E-state index contributed by atoms with van der Waals surface area (Å²) in [5.41, 5.74) is 4.05. The average molecular weight is 316 g/mol. The van der Waals surface area contributed by atoms with Crippen LogP contribution in [-0.4, -0.2) is 27.6 Å². The first-order chi connectivity index (χ1) is 10.2. The molecule has 2 aromatic rings. The monoisotopic (exact) mass is 316 g/mol. The third kappa shape index (κ3) is 2.42. The molecule has 0 N–H and O–H groups in total. The minimum Gasteiger partial charge on any atom is -0.298 e. The number of Topliss-reactive ketones (excluding diaryl/α,β-unsaturated/α-hetero) is 1. The number of benzene rings is 1. The average Bonchev–Trinajstić information content (AvgIpc) is 3.11. The second-order valence-electron chi connectivity index (χ2n) is 5.69. The molecule has 0 fully saturated rings. The Kier molecular flexibility index (Phi) is 3.34. The second-order valence-corrected chi connectivity index (χ2v) is 7.73. The van der Waals surface area contributed by atoms with Gasteiger partial charge in [-0.3, -0.25) is 9.79 Å². The maximum absolute atomic E-state index is 11.4. The molecule has 2 heterocycles. The number of aliphatic imine (C=N–C) groups is 1. The standard InChI is InChI=1S/C16H16N2OS2/c1-9(19)13-8-20-15(18-13)16-17-12-6-10-4-2-3-5-11(10)7-14(12)21-16/h6-7,13H,2-5,8H2,1H3/t13-/m1/s1. The number of ketones is 1. The Labute approximate surface area is 131 Å². The van der Waals surface area contributed by atoms with Crippen molar-refractivity contribution in [2.75, 3.05) is 5.75 Å². The zero-order valence-corrected chi connectivity index (χ0v) is 13.5. The molecule has 3 nitrogen and oxygen atoms in total. The highest BCUT2D eigenvalue weighted by Gasteiger charge is 2.25. The van der Waals surface area contributed by atoms with E-state index in [9.17, 15) is 4.79 Å². The Bertz CT molecular complexity index is 720. The molecule has 1 aliphatic heterocycles. The van der Waals surface area contributed by atoms with E-state index >= 15 is 0 Å². The second kappa shape index (κ2) is 5.21. The summed E-state index contributed by atoms with van der Waals surface area (Å²) in [6.45, 7) is 1.62. The van der Waals surface area contributed by atoms with Gasteiger partial charge in [0.05, 0.1) is 10.2 Å². The predicted molar refractivity (Wildman–Crippen MR) is 89.7 cm³/mol. The minimum atomic E-state index is -0.176. The molecule has 1 aromatic carbocycles. The number of thiazole rings is 1. The Morgan fingerprint density at radius 3 is 2.71 bits per heavy atom. The lowest BCUT2D eigenvalue weighted by atomic mass is 9.92. The third-order valence-electron chi connectivity index (χ3n) is 4.16. The zero-order valence-electron chi connectivity index (χ0n) is 11.9. The van der Waals surface area contributed by atoms with Gasteiger partial charge in [0.25, 0.3) is 0 Å². The van der Waals surface area contributed by atoms with Gasteiger partial charge in [-0.15, -0.1) is 23.1 Å². The normalized spacial score (nSPS) is 21.4. The van der Waals surface area contributed by atoms with Crippen molar-refractivity contribution in [3.05, 3.63) is 28.3 Å². The lowest BCUT2D eigenvalue weighted by Gasteiger charge is -2.14. The molecule has 0 spiro atoms. The van der Waals surface area contributed by atoms with E-state index in [0.29, 0.717) is 0 Å². The van der Waals surface area contributed by atoms with Crippen LogP contribution in [0.25, 0.3) is 10.2 Å². The number of fused-ring (bicyclic) bond motifs is 2. The highest BCUT2D eigenvalue weighted by molar-refractivity contribution is 8.15. The molecule has 0 bridgehead atoms. The fourth-order valence-electron chi connectivity index (χ4n) is 2.95. The maximum atomic E-state index is 11.4. The van der Waals surface area contributed by atoms with Crippen molar-refractivity contribution >= 4 is 44.1 Å². The fraction of sp³-hybridized carbons (Fsp3) is 0.438. The van der Waals surface area contributed by atoms with E-state index in [0.717, 1.165) is 21.3 Å². The van der Waals surface area contributed by atoms with Gasteiger partial charge in [0.15, 0.2) is 5.78 Å². The summed E-state index contributed by atoms with van der Waals surface area (Å²) in [6.07, 6.45) is 4.96. The molecule has 1 atom stereocenters. The van der Waals surface area contributed by atoms with Crippen LogP contribution in [0.15, 0.2) is 17.1 Å². The molecule has 0 saturated carbocycles. The summed E-state index contributed by atoms with van der Waals surface area (Å²) < 4.78 is 1.25. The summed E-state index contributed by atoms with van der Waals surface area (Å²) in [5.74, 6) is 0.908. The molecule has 0 unspecified atom stereocenters. The van der Waals surface area contributed by atoms with E-state index in [1.54, 1.807) is 30.0 Å². The van der Waals surface area contributed by atoms with E-state index in [-0.39, 0.29) is 11.8 Å². The summed E-state index contributed by atoms with van der Waals surface area (Å²) in [5, 5.41) is 1.91. The molecular weight excluding hydrogens is 300 g/mol. The minimum absolute atomic E-state index is 0.147. The van der Waals surface area contributed by atoms with Gasteiger partial charge in [-0.1, -0.05) is 0 Å². The van der Waals surface area contributed by atoms with Crippen LogP contribution in [0.5, 0.6) is 0 Å². The summed E-state index contributed by atoms with van der Waals surface area (Å²) >= 11 is 3.36. The first-order valence-electron chi connectivity index (χ1n) is 7.34. The van der Waals surface area contributed by atoms with Crippen LogP contribution in [0.2, 0.25) is 0 Å². The first-order valence-corrected chi connectivity index (χ1v) is 9.15. The van der Waals surface area contributed by atoms with Gasteiger partial charge in [-0.2, -0.15) is 0 Å². The van der Waals surface area contributed by atoms with E-state index in [2.05, 4.69) is 17.1 Å². The summed E-state index contributed by atoms with van der Waals surface area (Å²) in [6, 6.07) is 4.39. The quantitative estimate of drug-likeness (QED) is 0.849. The van der Waals surface area contributed by atoms with Crippen LogP contribution in [0.3, 0.4) is 0 Å². The van der Waals surface area contributed by atoms with Gasteiger partial charge in [-0.25, -0.2) is 4.98 Å². The Hall–Kier alpha value is -1.20. The zero-order chi connectivity index (χ0) is 14.4. The van der Waals surface area contributed by atoms with Crippen molar-refractivity contribution in [3.63, 3.8) is 0 Å². The van der Waals surface area contributed by atoms with Crippen LogP contribution in [0, 0.1) is 0 Å². The van der Waals surface area contributed by atoms with Crippen LogP contribution < -0.4 is 0 Å². The van der Waals surface area contributed by atoms with Gasteiger partial charge in [0, 0.05) is 5.75 Å².